The Morgan fingerprint density at radius 1 is 1.03 bits per heavy atom. The molecule has 34 heavy (non-hydrogen) atoms. The summed E-state index contributed by atoms with van der Waals surface area (Å²) in [4.78, 5) is 4.76. The van der Waals surface area contributed by atoms with Crippen LogP contribution in [0.1, 0.15) is 42.1 Å². The van der Waals surface area contributed by atoms with Gasteiger partial charge >= 0.3 is 0 Å². The number of fused-ring (bicyclic) bond motifs is 1. The van der Waals surface area contributed by atoms with E-state index in [0.29, 0.717) is 11.4 Å². The normalized spacial score (nSPS) is 11.8. The minimum atomic E-state index is 0.0317. The SMILES string of the molecule is C=C(N)c1ccccc1NC(C)c1cc(C)cc2cnc(-c3ccc(NC)c(C(C)=N)c3)cc12. The fraction of sp³-hybridized carbons (Fsp3) is 0.172. The Morgan fingerprint density at radius 2 is 1.79 bits per heavy atom. The van der Waals surface area contributed by atoms with Gasteiger partial charge in [-0.15, -0.1) is 0 Å². The van der Waals surface area contributed by atoms with Gasteiger partial charge in [0.15, 0.2) is 0 Å². The average molecular weight is 450 g/mol. The van der Waals surface area contributed by atoms with Crippen LogP contribution in [-0.2, 0) is 0 Å². The number of aromatic nitrogens is 1. The highest BCUT2D eigenvalue weighted by atomic mass is 14.9. The maximum absolute atomic E-state index is 8.15. The van der Waals surface area contributed by atoms with Crippen LogP contribution in [0.4, 0.5) is 11.4 Å². The summed E-state index contributed by atoms with van der Waals surface area (Å²) in [7, 11) is 1.87. The van der Waals surface area contributed by atoms with Crippen LogP contribution in [0, 0.1) is 12.3 Å². The van der Waals surface area contributed by atoms with Gasteiger partial charge in [0.05, 0.1) is 5.69 Å². The van der Waals surface area contributed by atoms with E-state index < -0.39 is 0 Å². The number of rotatable bonds is 7. The third kappa shape index (κ3) is 4.50. The Kier molecular flexibility index (Phi) is 6.37. The maximum atomic E-state index is 8.15. The molecule has 0 bridgehead atoms. The molecule has 5 heteroatoms. The quantitative estimate of drug-likeness (QED) is 0.235. The highest BCUT2D eigenvalue weighted by molar-refractivity contribution is 6.02. The first-order valence-electron chi connectivity index (χ1n) is 11.4. The van der Waals surface area contributed by atoms with Crippen molar-refractivity contribution in [3.63, 3.8) is 0 Å². The van der Waals surface area contributed by atoms with Gasteiger partial charge in [-0.2, -0.15) is 0 Å². The second-order valence-electron chi connectivity index (χ2n) is 8.72. The van der Waals surface area contributed by atoms with Gasteiger partial charge in [-0.3, -0.25) is 4.98 Å². The molecule has 4 rings (SSSR count). The number of benzene rings is 3. The molecule has 0 radical (unpaired) electrons. The van der Waals surface area contributed by atoms with Gasteiger partial charge in [0.2, 0.25) is 0 Å². The summed E-state index contributed by atoms with van der Waals surface area (Å²) in [6.45, 7) is 9.98. The van der Waals surface area contributed by atoms with E-state index in [1.807, 2.05) is 55.7 Å². The number of para-hydroxylation sites is 1. The number of aryl methyl sites for hydroxylation is 1. The van der Waals surface area contributed by atoms with Crippen molar-refractivity contribution >= 4 is 33.6 Å². The Bertz CT molecular complexity index is 1400. The molecule has 172 valence electrons. The summed E-state index contributed by atoms with van der Waals surface area (Å²) >= 11 is 0. The third-order valence-corrected chi connectivity index (χ3v) is 6.11. The average Bonchev–Trinajstić information content (AvgIpc) is 2.82. The van der Waals surface area contributed by atoms with Crippen LogP contribution in [0.15, 0.2) is 73.4 Å². The second kappa shape index (κ2) is 9.40. The highest BCUT2D eigenvalue weighted by Gasteiger charge is 2.15. The Labute approximate surface area is 201 Å². The number of nitrogens with zero attached hydrogens (tertiary/aromatic N) is 1. The number of hydrogen-bond donors (Lipinski definition) is 4. The molecule has 0 spiro atoms. The van der Waals surface area contributed by atoms with Crippen LogP contribution in [0.3, 0.4) is 0 Å². The zero-order valence-corrected chi connectivity index (χ0v) is 20.2. The van der Waals surface area contributed by atoms with Crippen molar-refractivity contribution in [2.24, 2.45) is 5.73 Å². The number of pyridine rings is 1. The lowest BCUT2D eigenvalue weighted by Crippen LogP contribution is -2.10. The zero-order valence-electron chi connectivity index (χ0n) is 20.2. The first-order chi connectivity index (χ1) is 16.3. The van der Waals surface area contributed by atoms with Crippen LogP contribution in [-0.4, -0.2) is 17.7 Å². The van der Waals surface area contributed by atoms with Gasteiger partial charge < -0.3 is 21.8 Å². The minimum Gasteiger partial charge on any atom is -0.399 e. The summed E-state index contributed by atoms with van der Waals surface area (Å²) in [6.07, 6.45) is 1.94. The lowest BCUT2D eigenvalue weighted by atomic mass is 9.95. The molecule has 0 aliphatic heterocycles. The molecule has 0 aliphatic carbocycles. The Balaban J connectivity index is 1.80. The number of nitrogens with two attached hydrogens (primary N) is 1. The van der Waals surface area contributed by atoms with Crippen LogP contribution in [0.2, 0.25) is 0 Å². The first-order valence-corrected chi connectivity index (χ1v) is 11.4. The topological polar surface area (TPSA) is 86.8 Å². The number of anilines is 2. The van der Waals surface area contributed by atoms with E-state index in [2.05, 4.69) is 49.3 Å². The predicted octanol–water partition coefficient (Wildman–Crippen LogP) is 6.74. The molecule has 4 aromatic rings. The summed E-state index contributed by atoms with van der Waals surface area (Å²) in [5.74, 6) is 0. The van der Waals surface area contributed by atoms with E-state index in [0.717, 1.165) is 44.5 Å². The van der Waals surface area contributed by atoms with Gasteiger partial charge in [-0.05, 0) is 62.1 Å². The van der Waals surface area contributed by atoms with Gasteiger partial charge in [0.1, 0.15) is 0 Å². The molecule has 5 nitrogen and oxygen atoms in total. The van der Waals surface area contributed by atoms with E-state index >= 15 is 0 Å². The van der Waals surface area contributed by atoms with E-state index in [9.17, 15) is 0 Å². The number of nitrogens with one attached hydrogen (secondary N) is 3. The molecule has 0 amide bonds. The lowest BCUT2D eigenvalue weighted by molar-refractivity contribution is 0.892. The van der Waals surface area contributed by atoms with E-state index in [1.165, 1.54) is 11.1 Å². The molecule has 0 saturated carbocycles. The molecule has 0 saturated heterocycles. The van der Waals surface area contributed by atoms with Crippen molar-refractivity contribution in [1.82, 2.24) is 4.98 Å². The molecule has 1 heterocycles. The highest BCUT2D eigenvalue weighted by Crippen LogP contribution is 2.33. The van der Waals surface area contributed by atoms with E-state index in [4.69, 9.17) is 16.1 Å². The Hall–Kier alpha value is -4.12. The molecule has 0 aliphatic rings. The van der Waals surface area contributed by atoms with Crippen molar-refractivity contribution in [3.8, 4) is 11.3 Å². The smallest absolute Gasteiger partial charge is 0.0708 e. The molecule has 0 fully saturated rings. The third-order valence-electron chi connectivity index (χ3n) is 6.11. The van der Waals surface area contributed by atoms with Gasteiger partial charge in [0.25, 0.3) is 0 Å². The van der Waals surface area contributed by atoms with Gasteiger partial charge in [-0.25, -0.2) is 0 Å². The fourth-order valence-electron chi connectivity index (χ4n) is 4.39. The van der Waals surface area contributed by atoms with Crippen molar-refractivity contribution in [2.75, 3.05) is 17.7 Å². The zero-order chi connectivity index (χ0) is 24.4. The van der Waals surface area contributed by atoms with Crippen LogP contribution in [0.25, 0.3) is 27.7 Å². The van der Waals surface area contributed by atoms with Gasteiger partial charge in [-0.1, -0.05) is 42.5 Å². The monoisotopic (exact) mass is 449 g/mol. The fourth-order valence-corrected chi connectivity index (χ4v) is 4.39. The van der Waals surface area contributed by atoms with Gasteiger partial charge in [0, 0.05) is 64.1 Å². The van der Waals surface area contributed by atoms with E-state index in [1.54, 1.807) is 6.92 Å². The Morgan fingerprint density at radius 3 is 2.50 bits per heavy atom. The van der Waals surface area contributed by atoms with Crippen molar-refractivity contribution in [1.29, 1.82) is 5.41 Å². The molecule has 5 N–H and O–H groups in total. The largest absolute Gasteiger partial charge is 0.399 e. The first kappa shape index (κ1) is 23.1. The van der Waals surface area contributed by atoms with Crippen LogP contribution in [0.5, 0.6) is 0 Å². The van der Waals surface area contributed by atoms with Crippen molar-refractivity contribution < 1.29 is 0 Å². The standard InChI is InChI=1S/C29H31N5/c1-17-12-22-16-33-29(21-10-11-27(32-5)24(14-21)19(3)31)15-26(22)25(13-17)20(4)34-28-9-7-6-8-23(28)18(2)30/h6-16,20,31-32,34H,2,30H2,1,3-5H3. The maximum Gasteiger partial charge on any atom is 0.0708 e. The van der Waals surface area contributed by atoms with E-state index in [-0.39, 0.29) is 6.04 Å². The number of hydrogen-bond acceptors (Lipinski definition) is 5. The van der Waals surface area contributed by atoms with Crippen LogP contribution >= 0.6 is 0 Å². The molecule has 1 unspecified atom stereocenters. The summed E-state index contributed by atoms with van der Waals surface area (Å²) in [6, 6.07) is 20.6. The molecule has 1 aromatic heterocycles. The van der Waals surface area contributed by atoms with Crippen LogP contribution < -0.4 is 16.4 Å². The van der Waals surface area contributed by atoms with Crippen molar-refractivity contribution in [3.05, 3.63) is 95.7 Å². The molecular weight excluding hydrogens is 418 g/mol. The summed E-state index contributed by atoms with van der Waals surface area (Å²) in [5.41, 5.74) is 15.0. The van der Waals surface area contributed by atoms with Crippen molar-refractivity contribution in [2.45, 2.75) is 26.8 Å². The minimum absolute atomic E-state index is 0.0317. The summed E-state index contributed by atoms with van der Waals surface area (Å²) in [5, 5.41) is 17.2. The predicted molar refractivity (Wildman–Crippen MR) is 146 cm³/mol. The molecule has 3 aromatic carbocycles. The molecule has 1 atom stereocenters. The summed E-state index contributed by atoms with van der Waals surface area (Å²) < 4.78 is 0. The lowest BCUT2D eigenvalue weighted by Gasteiger charge is -2.21. The second-order valence-corrected chi connectivity index (χ2v) is 8.72. The molecular formula is C29H31N5.